The van der Waals surface area contributed by atoms with Crippen molar-refractivity contribution in [1.82, 2.24) is 19.9 Å². The summed E-state index contributed by atoms with van der Waals surface area (Å²) in [5, 5.41) is 2.94. The molecule has 4 heterocycles. The number of hydrogen-bond acceptors (Lipinski definition) is 6. The van der Waals surface area contributed by atoms with Crippen LogP contribution in [-0.2, 0) is 6.18 Å². The predicted octanol–water partition coefficient (Wildman–Crippen LogP) is 4.65. The molecule has 4 rings (SSSR count). The summed E-state index contributed by atoms with van der Waals surface area (Å²) in [6.07, 6.45) is -0.342. The Kier molecular flexibility index (Phi) is 5.31. The van der Waals surface area contributed by atoms with Crippen LogP contribution >= 0.6 is 11.3 Å². The number of rotatable bonds is 4. The number of carbonyl (C=O) groups is 1. The van der Waals surface area contributed by atoms with Crippen LogP contribution < -0.4 is 5.32 Å². The highest BCUT2D eigenvalue weighted by molar-refractivity contribution is 7.19. The Hall–Kier alpha value is -2.82. The number of nitrogens with one attached hydrogen (secondary N) is 1. The van der Waals surface area contributed by atoms with Gasteiger partial charge in [-0.3, -0.25) is 9.78 Å². The van der Waals surface area contributed by atoms with Crippen LogP contribution in [0, 0.1) is 5.82 Å². The van der Waals surface area contributed by atoms with E-state index in [2.05, 4.69) is 20.3 Å². The van der Waals surface area contributed by atoms with E-state index in [1.54, 1.807) is 11.8 Å². The van der Waals surface area contributed by atoms with Gasteiger partial charge >= 0.3 is 6.18 Å². The van der Waals surface area contributed by atoms with Crippen LogP contribution in [0.4, 0.5) is 23.5 Å². The van der Waals surface area contributed by atoms with Crippen molar-refractivity contribution in [3.05, 3.63) is 46.5 Å². The lowest BCUT2D eigenvalue weighted by atomic mass is 10.1. The van der Waals surface area contributed by atoms with Crippen molar-refractivity contribution in [3.8, 4) is 0 Å². The van der Waals surface area contributed by atoms with Gasteiger partial charge in [-0.1, -0.05) is 0 Å². The maximum Gasteiger partial charge on any atom is 0.425 e. The molecule has 1 N–H and O–H groups in total. The Morgan fingerprint density at radius 2 is 1.93 bits per heavy atom. The second-order valence-corrected chi connectivity index (χ2v) is 8.07. The zero-order chi connectivity index (χ0) is 21.5. The Morgan fingerprint density at radius 3 is 2.60 bits per heavy atom. The molecule has 158 valence electrons. The molecule has 0 aromatic carbocycles. The monoisotopic (exact) mass is 439 g/mol. The molecular weight excluding hydrogens is 422 g/mol. The SMILES string of the molecule is CC(Nc1nc(C(=O)N2CCCC2)c2sc(C(F)(F)F)cc2n1)c1cncc(F)c1. The average Bonchev–Trinajstić information content (AvgIpc) is 3.36. The van der Waals surface area contributed by atoms with Crippen LogP contribution in [-0.4, -0.2) is 38.8 Å². The lowest BCUT2D eigenvalue weighted by molar-refractivity contribution is -0.134. The number of alkyl halides is 3. The summed E-state index contributed by atoms with van der Waals surface area (Å²) in [6.45, 7) is 2.78. The average molecular weight is 439 g/mol. The summed E-state index contributed by atoms with van der Waals surface area (Å²) in [7, 11) is 0. The van der Waals surface area contributed by atoms with Crippen LogP contribution in [0.3, 0.4) is 0 Å². The molecule has 0 spiro atoms. The molecule has 0 bridgehead atoms. The molecular formula is C19H17F4N5OS. The summed E-state index contributed by atoms with van der Waals surface area (Å²) in [4.78, 5) is 25.9. The summed E-state index contributed by atoms with van der Waals surface area (Å²) in [5.41, 5.74) is 0.485. The number of anilines is 1. The highest BCUT2D eigenvalue weighted by atomic mass is 32.1. The number of halogens is 4. The molecule has 1 aliphatic rings. The van der Waals surface area contributed by atoms with Crippen LogP contribution in [0.15, 0.2) is 24.5 Å². The van der Waals surface area contributed by atoms with E-state index in [0.717, 1.165) is 25.1 Å². The number of nitrogens with zero attached hydrogens (tertiary/aromatic N) is 4. The maximum absolute atomic E-state index is 13.5. The number of aromatic nitrogens is 3. The molecule has 1 unspecified atom stereocenters. The maximum atomic E-state index is 13.5. The Morgan fingerprint density at radius 1 is 1.20 bits per heavy atom. The van der Waals surface area contributed by atoms with Gasteiger partial charge in [0.15, 0.2) is 5.69 Å². The zero-order valence-corrected chi connectivity index (χ0v) is 16.6. The van der Waals surface area contributed by atoms with Gasteiger partial charge in [0, 0.05) is 19.3 Å². The topological polar surface area (TPSA) is 71.0 Å². The Labute approximate surface area is 173 Å². The third-order valence-electron chi connectivity index (χ3n) is 4.82. The fourth-order valence-corrected chi connectivity index (χ4v) is 4.24. The molecule has 0 radical (unpaired) electrons. The first-order chi connectivity index (χ1) is 14.2. The number of fused-ring (bicyclic) bond motifs is 1. The molecule has 6 nitrogen and oxygen atoms in total. The summed E-state index contributed by atoms with van der Waals surface area (Å²) >= 11 is 0.459. The largest absolute Gasteiger partial charge is 0.425 e. The molecule has 11 heteroatoms. The summed E-state index contributed by atoms with van der Waals surface area (Å²) in [5.74, 6) is -0.943. The first kappa shape index (κ1) is 20.5. The second-order valence-electron chi connectivity index (χ2n) is 7.02. The number of pyridine rings is 1. The van der Waals surface area contributed by atoms with Gasteiger partial charge in [-0.05, 0) is 37.5 Å². The summed E-state index contributed by atoms with van der Waals surface area (Å²) < 4.78 is 53.3. The molecule has 3 aromatic heterocycles. The van der Waals surface area contributed by atoms with Crippen molar-refractivity contribution in [2.45, 2.75) is 32.0 Å². The molecule has 1 aliphatic heterocycles. The molecule has 1 amide bonds. The smallest absolute Gasteiger partial charge is 0.348 e. The number of thiophene rings is 1. The number of amides is 1. The van der Waals surface area contributed by atoms with Gasteiger partial charge in [-0.15, -0.1) is 11.3 Å². The minimum absolute atomic E-state index is 0.00617. The molecule has 0 saturated carbocycles. The normalized spacial score (nSPS) is 15.6. The van der Waals surface area contributed by atoms with E-state index in [-0.39, 0.29) is 21.9 Å². The fourth-order valence-electron chi connectivity index (χ4n) is 3.29. The number of hydrogen-bond donors (Lipinski definition) is 1. The number of likely N-dealkylation sites (tertiary alicyclic amines) is 1. The van der Waals surface area contributed by atoms with Crippen molar-refractivity contribution >= 4 is 33.4 Å². The van der Waals surface area contributed by atoms with Crippen molar-refractivity contribution in [1.29, 1.82) is 0 Å². The van der Waals surface area contributed by atoms with E-state index in [4.69, 9.17) is 0 Å². The van der Waals surface area contributed by atoms with Gasteiger partial charge in [0.25, 0.3) is 5.91 Å². The first-order valence-corrected chi connectivity index (χ1v) is 10.1. The van der Waals surface area contributed by atoms with E-state index >= 15 is 0 Å². The Bertz CT molecular complexity index is 1090. The molecule has 1 atom stereocenters. The lowest BCUT2D eigenvalue weighted by Gasteiger charge is -2.17. The van der Waals surface area contributed by atoms with Gasteiger partial charge in [-0.25, -0.2) is 14.4 Å². The second kappa shape index (κ2) is 7.78. The van der Waals surface area contributed by atoms with E-state index in [1.807, 2.05) is 0 Å². The first-order valence-electron chi connectivity index (χ1n) is 9.27. The highest BCUT2D eigenvalue weighted by Gasteiger charge is 2.35. The van der Waals surface area contributed by atoms with Crippen LogP contribution in [0.1, 0.15) is 46.7 Å². The fraction of sp³-hybridized carbons (Fsp3) is 0.368. The number of carbonyl (C=O) groups excluding carboxylic acids is 1. The van der Waals surface area contributed by atoms with Crippen LogP contribution in [0.2, 0.25) is 0 Å². The molecule has 1 fully saturated rings. The predicted molar refractivity (Wildman–Crippen MR) is 104 cm³/mol. The molecule has 30 heavy (non-hydrogen) atoms. The molecule has 3 aromatic rings. The molecule has 0 aliphatic carbocycles. The lowest BCUT2D eigenvalue weighted by Crippen LogP contribution is -2.28. The Balaban J connectivity index is 1.75. The van der Waals surface area contributed by atoms with Crippen molar-refractivity contribution in [2.24, 2.45) is 0 Å². The van der Waals surface area contributed by atoms with E-state index in [1.165, 1.54) is 12.3 Å². The quantitative estimate of drug-likeness (QED) is 0.599. The summed E-state index contributed by atoms with van der Waals surface area (Å²) in [6, 6.07) is 1.72. The van der Waals surface area contributed by atoms with Crippen molar-refractivity contribution in [3.63, 3.8) is 0 Å². The van der Waals surface area contributed by atoms with Crippen molar-refractivity contribution < 1.29 is 22.4 Å². The van der Waals surface area contributed by atoms with Gasteiger partial charge in [0.2, 0.25) is 5.95 Å². The third kappa shape index (κ3) is 4.07. The minimum Gasteiger partial charge on any atom is -0.348 e. The zero-order valence-electron chi connectivity index (χ0n) is 15.8. The standard InChI is InChI=1S/C19H17F4N5OS/c1-10(11-6-12(20)9-24-8-11)25-18-26-13-7-14(19(21,22)23)30-16(13)15(27-18)17(29)28-4-2-3-5-28/h6-10H,2-5H2,1H3,(H,25,26,27). The van der Waals surface area contributed by atoms with Gasteiger partial charge in [-0.2, -0.15) is 13.2 Å². The molecule has 1 saturated heterocycles. The van der Waals surface area contributed by atoms with Gasteiger partial charge in [0.1, 0.15) is 10.7 Å². The van der Waals surface area contributed by atoms with Gasteiger partial charge < -0.3 is 10.2 Å². The van der Waals surface area contributed by atoms with E-state index in [9.17, 15) is 22.4 Å². The van der Waals surface area contributed by atoms with Crippen LogP contribution in [0.25, 0.3) is 10.2 Å². The van der Waals surface area contributed by atoms with E-state index < -0.39 is 28.8 Å². The van der Waals surface area contributed by atoms with E-state index in [0.29, 0.717) is 30.0 Å². The third-order valence-corrected chi connectivity index (χ3v) is 5.99. The highest BCUT2D eigenvalue weighted by Crippen LogP contribution is 2.39. The minimum atomic E-state index is -4.55. The van der Waals surface area contributed by atoms with Gasteiger partial charge in [0.05, 0.1) is 22.5 Å². The van der Waals surface area contributed by atoms with Crippen LogP contribution in [0.5, 0.6) is 0 Å². The van der Waals surface area contributed by atoms with Crippen molar-refractivity contribution in [2.75, 3.05) is 18.4 Å².